The van der Waals surface area contributed by atoms with Gasteiger partial charge in [0.2, 0.25) is 0 Å². The second-order valence-electron chi connectivity index (χ2n) is 6.68. The Hall–Kier alpha value is -2.42. The zero-order chi connectivity index (χ0) is 20.9. The lowest BCUT2D eigenvalue weighted by Crippen LogP contribution is -2.46. The summed E-state index contributed by atoms with van der Waals surface area (Å²) in [6, 6.07) is 5.92. The van der Waals surface area contributed by atoms with Crippen molar-refractivity contribution in [2.45, 2.75) is 39.3 Å². The Labute approximate surface area is 164 Å². The number of likely N-dealkylation sites (N-methyl/N-ethyl adjacent to an activating group) is 1. The fourth-order valence-electron chi connectivity index (χ4n) is 3.06. The van der Waals surface area contributed by atoms with Gasteiger partial charge < -0.3 is 14.4 Å². The van der Waals surface area contributed by atoms with Gasteiger partial charge in [0.05, 0.1) is 11.5 Å². The number of esters is 1. The molecule has 1 aromatic carbocycles. The van der Waals surface area contributed by atoms with Gasteiger partial charge in [-0.2, -0.15) is 0 Å². The molecule has 0 aromatic heterocycles. The van der Waals surface area contributed by atoms with Gasteiger partial charge in [-0.3, -0.25) is 9.59 Å². The van der Waals surface area contributed by atoms with Crippen LogP contribution in [0.2, 0.25) is 0 Å². The van der Waals surface area contributed by atoms with E-state index in [4.69, 9.17) is 9.47 Å². The molecule has 1 fully saturated rings. The van der Waals surface area contributed by atoms with Gasteiger partial charge in [0.15, 0.2) is 28.3 Å². The molecule has 2 rings (SSSR count). The minimum atomic E-state index is -3.12. The molecule has 1 aliphatic heterocycles. The van der Waals surface area contributed by atoms with Crippen LogP contribution in [-0.2, 0) is 24.2 Å². The predicted molar refractivity (Wildman–Crippen MR) is 102 cm³/mol. The van der Waals surface area contributed by atoms with Crippen LogP contribution in [0.25, 0.3) is 0 Å². The fourth-order valence-corrected chi connectivity index (χ4v) is 4.79. The first-order chi connectivity index (χ1) is 13.1. The van der Waals surface area contributed by atoms with Gasteiger partial charge >= 0.3 is 5.97 Å². The first-order valence-corrected chi connectivity index (χ1v) is 10.9. The predicted octanol–water partition coefficient (Wildman–Crippen LogP) is 1.24. The smallest absolute Gasteiger partial charge is 0.344 e. The number of rotatable bonds is 8. The summed E-state index contributed by atoms with van der Waals surface area (Å²) in [5.41, 5.74) is 0.530. The van der Waals surface area contributed by atoms with Crippen molar-refractivity contribution in [3.63, 3.8) is 0 Å². The molecule has 9 heteroatoms. The summed E-state index contributed by atoms with van der Waals surface area (Å²) >= 11 is 0. The molecule has 1 aromatic rings. The van der Waals surface area contributed by atoms with Crippen molar-refractivity contribution in [2.24, 2.45) is 0 Å². The van der Waals surface area contributed by atoms with Crippen LogP contribution in [0.3, 0.4) is 0 Å². The average molecular weight is 411 g/mol. The molecule has 0 bridgehead atoms. The highest BCUT2D eigenvalue weighted by atomic mass is 32.2. The highest BCUT2D eigenvalue weighted by Gasteiger charge is 2.36. The zero-order valence-corrected chi connectivity index (χ0v) is 17.0. The highest BCUT2D eigenvalue weighted by molar-refractivity contribution is 7.91. The summed E-state index contributed by atoms with van der Waals surface area (Å²) in [5.74, 6) is -0.824. The molecule has 154 valence electrons. The van der Waals surface area contributed by atoms with Gasteiger partial charge in [-0.15, -0.1) is 0 Å². The van der Waals surface area contributed by atoms with E-state index in [9.17, 15) is 22.8 Å². The second kappa shape index (κ2) is 9.18. The van der Waals surface area contributed by atoms with E-state index in [1.807, 2.05) is 0 Å². The third kappa shape index (κ3) is 5.79. The van der Waals surface area contributed by atoms with Gasteiger partial charge in [-0.1, -0.05) is 0 Å². The summed E-state index contributed by atoms with van der Waals surface area (Å²) in [6.07, 6.45) is -0.651. The van der Waals surface area contributed by atoms with E-state index in [0.29, 0.717) is 24.3 Å². The number of carbonyl (C=O) groups excluding carboxylic acids is 3. The summed E-state index contributed by atoms with van der Waals surface area (Å²) in [5, 5.41) is 0. The maximum Gasteiger partial charge on any atom is 0.344 e. The Bertz CT molecular complexity index is 832. The second-order valence-corrected chi connectivity index (χ2v) is 8.91. The quantitative estimate of drug-likeness (QED) is 0.468. The van der Waals surface area contributed by atoms with Crippen molar-refractivity contribution in [3.8, 4) is 5.75 Å². The van der Waals surface area contributed by atoms with Crippen molar-refractivity contribution < 1.29 is 32.3 Å². The lowest BCUT2D eigenvalue weighted by molar-refractivity contribution is -0.161. The Kier molecular flexibility index (Phi) is 7.17. The number of Topliss-reactive ketones (excluding diaryl/α,β-unsaturated/α-hetero) is 1. The number of ketones is 1. The van der Waals surface area contributed by atoms with Gasteiger partial charge in [0, 0.05) is 18.2 Å². The number of hydrogen-bond acceptors (Lipinski definition) is 7. The van der Waals surface area contributed by atoms with Gasteiger partial charge in [-0.25, -0.2) is 13.2 Å². The molecule has 0 saturated carbocycles. The topological polar surface area (TPSA) is 107 Å². The van der Waals surface area contributed by atoms with E-state index in [-0.39, 0.29) is 29.9 Å². The van der Waals surface area contributed by atoms with E-state index < -0.39 is 27.8 Å². The van der Waals surface area contributed by atoms with Crippen molar-refractivity contribution in [2.75, 3.05) is 24.7 Å². The van der Waals surface area contributed by atoms with Gasteiger partial charge in [-0.05, 0) is 51.5 Å². The van der Waals surface area contributed by atoms with Crippen molar-refractivity contribution in [1.29, 1.82) is 0 Å². The monoisotopic (exact) mass is 411 g/mol. The van der Waals surface area contributed by atoms with Crippen molar-refractivity contribution in [1.82, 2.24) is 4.90 Å². The van der Waals surface area contributed by atoms with E-state index in [2.05, 4.69) is 0 Å². The Morgan fingerprint density at radius 2 is 1.86 bits per heavy atom. The van der Waals surface area contributed by atoms with Crippen LogP contribution < -0.4 is 4.74 Å². The van der Waals surface area contributed by atoms with Crippen LogP contribution in [0.5, 0.6) is 5.75 Å². The van der Waals surface area contributed by atoms with Crippen LogP contribution in [-0.4, -0.2) is 67.8 Å². The normalized spacial score (nSPS) is 18.9. The molecule has 1 aliphatic rings. The Morgan fingerprint density at radius 3 is 2.36 bits per heavy atom. The van der Waals surface area contributed by atoms with E-state index >= 15 is 0 Å². The molecule has 1 amide bonds. The molecule has 0 aliphatic carbocycles. The number of sulfone groups is 1. The molecular formula is C19H25NO7S. The fraction of sp³-hybridized carbons (Fsp3) is 0.526. The summed E-state index contributed by atoms with van der Waals surface area (Å²) in [7, 11) is -3.12. The van der Waals surface area contributed by atoms with Crippen LogP contribution in [0.4, 0.5) is 0 Å². The molecule has 0 unspecified atom stereocenters. The number of benzene rings is 1. The van der Waals surface area contributed by atoms with Gasteiger partial charge in [0.25, 0.3) is 5.91 Å². The summed E-state index contributed by atoms with van der Waals surface area (Å²) in [4.78, 5) is 37.2. The zero-order valence-electron chi connectivity index (χ0n) is 16.2. The molecule has 28 heavy (non-hydrogen) atoms. The molecule has 2 atom stereocenters. The summed E-state index contributed by atoms with van der Waals surface area (Å²) < 4.78 is 33.7. The van der Waals surface area contributed by atoms with E-state index in [1.54, 1.807) is 31.2 Å². The average Bonchev–Trinajstić information content (AvgIpc) is 3.00. The van der Waals surface area contributed by atoms with E-state index in [1.165, 1.54) is 18.7 Å². The minimum absolute atomic E-state index is 0.0614. The molecule has 1 saturated heterocycles. The standard InChI is InChI=1S/C19H25NO7S/c1-4-20(16-9-10-28(24,25)12-16)19(23)14(3)27-18(22)11-26-17-7-5-15(6-8-17)13(2)21/h5-8,14,16H,4,9-12H2,1-3H3/t14-,16+/m1/s1. The lowest BCUT2D eigenvalue weighted by atomic mass is 10.1. The maximum absolute atomic E-state index is 12.6. The van der Waals surface area contributed by atoms with Crippen LogP contribution in [0.1, 0.15) is 37.6 Å². The molecule has 8 nitrogen and oxygen atoms in total. The molecule has 0 spiro atoms. The third-order valence-electron chi connectivity index (χ3n) is 4.55. The van der Waals surface area contributed by atoms with Crippen LogP contribution >= 0.6 is 0 Å². The molecule has 0 N–H and O–H groups in total. The first-order valence-electron chi connectivity index (χ1n) is 9.07. The number of carbonyl (C=O) groups is 3. The number of hydrogen-bond donors (Lipinski definition) is 0. The van der Waals surface area contributed by atoms with E-state index in [0.717, 1.165) is 0 Å². The van der Waals surface area contributed by atoms with Crippen molar-refractivity contribution in [3.05, 3.63) is 29.8 Å². The third-order valence-corrected chi connectivity index (χ3v) is 6.30. The highest BCUT2D eigenvalue weighted by Crippen LogP contribution is 2.19. The number of nitrogens with zero attached hydrogens (tertiary/aromatic N) is 1. The Balaban J connectivity index is 1.86. The SMILES string of the molecule is CCN(C(=O)[C@@H](C)OC(=O)COc1ccc(C(C)=O)cc1)[C@H]1CCS(=O)(=O)C1. The maximum atomic E-state index is 12.6. The molecule has 1 heterocycles. The lowest BCUT2D eigenvalue weighted by Gasteiger charge is -2.29. The summed E-state index contributed by atoms with van der Waals surface area (Å²) in [6.45, 7) is 4.60. The first kappa shape index (κ1) is 21.9. The molecular weight excluding hydrogens is 386 g/mol. The molecule has 0 radical (unpaired) electrons. The number of amides is 1. The van der Waals surface area contributed by atoms with Crippen LogP contribution in [0, 0.1) is 0 Å². The van der Waals surface area contributed by atoms with Crippen LogP contribution in [0.15, 0.2) is 24.3 Å². The Morgan fingerprint density at radius 1 is 1.21 bits per heavy atom. The minimum Gasteiger partial charge on any atom is -0.482 e. The largest absolute Gasteiger partial charge is 0.482 e. The van der Waals surface area contributed by atoms with Crippen molar-refractivity contribution >= 4 is 27.5 Å². The van der Waals surface area contributed by atoms with Gasteiger partial charge in [0.1, 0.15) is 5.75 Å². The number of ether oxygens (including phenoxy) is 2.